The summed E-state index contributed by atoms with van der Waals surface area (Å²) in [5, 5.41) is 8.83. The van der Waals surface area contributed by atoms with E-state index in [1.807, 2.05) is 42.8 Å². The third kappa shape index (κ3) is 3.84. The predicted molar refractivity (Wildman–Crippen MR) is 91.5 cm³/mol. The quantitative estimate of drug-likeness (QED) is 0.753. The number of aryl methyl sites for hydroxylation is 2. The molecular formula is C17H23FN4O2. The molecule has 0 aliphatic rings. The van der Waals surface area contributed by atoms with Gasteiger partial charge in [0.2, 0.25) is 5.91 Å². The summed E-state index contributed by atoms with van der Waals surface area (Å²) in [4.78, 5) is 23.6. The van der Waals surface area contributed by atoms with Crippen LogP contribution in [0.15, 0.2) is 24.3 Å². The van der Waals surface area contributed by atoms with E-state index in [0.29, 0.717) is 6.54 Å². The van der Waals surface area contributed by atoms with Gasteiger partial charge >= 0.3 is 6.03 Å². The van der Waals surface area contributed by atoms with Crippen LogP contribution in [0.25, 0.3) is 10.9 Å². The lowest BCUT2D eigenvalue weighted by Crippen LogP contribution is -2.48. The van der Waals surface area contributed by atoms with E-state index in [2.05, 4.69) is 16.0 Å². The van der Waals surface area contributed by atoms with Crippen molar-refractivity contribution in [3.63, 3.8) is 0 Å². The average Bonchev–Trinajstić information content (AvgIpc) is 2.82. The van der Waals surface area contributed by atoms with Crippen LogP contribution in [0.5, 0.6) is 0 Å². The number of hydrogen-bond donors (Lipinski definition) is 3. The number of para-hydroxylation sites is 1. The van der Waals surface area contributed by atoms with Crippen LogP contribution in [0.1, 0.15) is 18.2 Å². The average molecular weight is 334 g/mol. The largest absolute Gasteiger partial charge is 0.352 e. The molecule has 1 atom stereocenters. The smallest absolute Gasteiger partial charge is 0.315 e. The molecule has 3 N–H and O–H groups in total. The Kier molecular flexibility index (Phi) is 5.78. The molecule has 3 amide bonds. The van der Waals surface area contributed by atoms with E-state index in [0.717, 1.165) is 22.2 Å². The lowest BCUT2D eigenvalue weighted by molar-refractivity contribution is -0.122. The van der Waals surface area contributed by atoms with Crippen LogP contribution >= 0.6 is 0 Å². The topological polar surface area (TPSA) is 75.2 Å². The first kappa shape index (κ1) is 17.8. The maximum atomic E-state index is 12.0. The number of carbonyl (C=O) groups is 2. The fraction of sp³-hybridized carbons (Fsp3) is 0.412. The van der Waals surface area contributed by atoms with Crippen LogP contribution in [-0.4, -0.2) is 35.8 Å². The van der Waals surface area contributed by atoms with Gasteiger partial charge in [0, 0.05) is 30.2 Å². The van der Waals surface area contributed by atoms with Crippen molar-refractivity contribution in [3.8, 4) is 0 Å². The van der Waals surface area contributed by atoms with Crippen molar-refractivity contribution in [2.24, 2.45) is 7.05 Å². The van der Waals surface area contributed by atoms with Crippen LogP contribution in [0.3, 0.4) is 0 Å². The number of hydrogen-bond acceptors (Lipinski definition) is 2. The summed E-state index contributed by atoms with van der Waals surface area (Å²) >= 11 is 0. The zero-order valence-corrected chi connectivity index (χ0v) is 14.1. The van der Waals surface area contributed by atoms with E-state index in [-0.39, 0.29) is 6.54 Å². The Labute approximate surface area is 140 Å². The fourth-order valence-corrected chi connectivity index (χ4v) is 2.69. The molecule has 2 rings (SSSR count). The lowest BCUT2D eigenvalue weighted by atomic mass is 10.1. The number of benzene rings is 1. The molecule has 0 aliphatic heterocycles. The molecule has 1 heterocycles. The third-order valence-corrected chi connectivity index (χ3v) is 4.06. The normalized spacial score (nSPS) is 12.0. The highest BCUT2D eigenvalue weighted by Gasteiger charge is 2.16. The number of urea groups is 1. The Morgan fingerprint density at radius 1 is 1.25 bits per heavy atom. The maximum Gasteiger partial charge on any atom is 0.315 e. The molecule has 0 radical (unpaired) electrons. The number of nitrogens with one attached hydrogen (secondary N) is 3. The molecule has 0 spiro atoms. The van der Waals surface area contributed by atoms with Gasteiger partial charge in [0.25, 0.3) is 0 Å². The minimum absolute atomic E-state index is 0.0540. The third-order valence-electron chi connectivity index (χ3n) is 4.06. The van der Waals surface area contributed by atoms with E-state index >= 15 is 0 Å². The number of halogens is 1. The van der Waals surface area contributed by atoms with E-state index in [1.54, 1.807) is 6.92 Å². The van der Waals surface area contributed by atoms with E-state index in [1.165, 1.54) is 0 Å². The number of nitrogens with zero attached hydrogens (tertiary/aromatic N) is 1. The van der Waals surface area contributed by atoms with Gasteiger partial charge in [-0.05, 0) is 25.5 Å². The molecular weight excluding hydrogens is 311 g/mol. The van der Waals surface area contributed by atoms with Crippen molar-refractivity contribution in [3.05, 3.63) is 35.5 Å². The van der Waals surface area contributed by atoms with E-state index in [4.69, 9.17) is 0 Å². The molecule has 1 unspecified atom stereocenters. The summed E-state index contributed by atoms with van der Waals surface area (Å²) in [5.74, 6) is -0.413. The van der Waals surface area contributed by atoms with Crippen molar-refractivity contribution >= 4 is 22.8 Å². The molecule has 2 aromatic rings. The number of amides is 3. The summed E-state index contributed by atoms with van der Waals surface area (Å²) in [6, 6.07) is 6.86. The van der Waals surface area contributed by atoms with Crippen LogP contribution in [0, 0.1) is 6.92 Å². The molecule has 24 heavy (non-hydrogen) atoms. The lowest BCUT2D eigenvalue weighted by Gasteiger charge is -2.15. The van der Waals surface area contributed by atoms with Crippen LogP contribution < -0.4 is 16.0 Å². The van der Waals surface area contributed by atoms with Crippen molar-refractivity contribution in [1.29, 1.82) is 0 Å². The molecule has 0 aliphatic carbocycles. The first-order chi connectivity index (χ1) is 11.5. The monoisotopic (exact) mass is 334 g/mol. The van der Waals surface area contributed by atoms with Crippen LogP contribution in [0.2, 0.25) is 0 Å². The molecule has 6 nitrogen and oxygen atoms in total. The zero-order valence-electron chi connectivity index (χ0n) is 14.1. The van der Waals surface area contributed by atoms with Gasteiger partial charge in [-0.25, -0.2) is 9.18 Å². The molecule has 0 saturated carbocycles. The SMILES string of the molecule is Cc1c(CNC(=O)NC(C)C(=O)NCCF)n(C)c2ccccc12. The Morgan fingerprint density at radius 2 is 1.96 bits per heavy atom. The minimum Gasteiger partial charge on any atom is -0.352 e. The Morgan fingerprint density at radius 3 is 2.62 bits per heavy atom. The van der Waals surface area contributed by atoms with E-state index < -0.39 is 24.7 Å². The maximum absolute atomic E-state index is 12.0. The number of rotatable bonds is 6. The van der Waals surface area contributed by atoms with Gasteiger partial charge in [-0.15, -0.1) is 0 Å². The Bertz CT molecular complexity index is 703. The number of carbonyl (C=O) groups excluding carboxylic acids is 2. The fourth-order valence-electron chi connectivity index (χ4n) is 2.69. The van der Waals surface area contributed by atoms with Crippen LogP contribution in [0.4, 0.5) is 9.18 Å². The summed E-state index contributed by atoms with van der Waals surface area (Å²) in [7, 11) is 1.96. The molecule has 130 valence electrons. The molecule has 7 heteroatoms. The van der Waals surface area contributed by atoms with Gasteiger partial charge in [0.05, 0.1) is 6.54 Å². The van der Waals surface area contributed by atoms with E-state index in [9.17, 15) is 14.0 Å². The number of aromatic nitrogens is 1. The Balaban J connectivity index is 1.96. The summed E-state index contributed by atoms with van der Waals surface area (Å²) < 4.78 is 14.1. The van der Waals surface area contributed by atoms with Crippen molar-refractivity contribution in [2.75, 3.05) is 13.2 Å². The minimum atomic E-state index is -0.731. The van der Waals surface area contributed by atoms with Gasteiger partial charge in [-0.2, -0.15) is 0 Å². The second-order valence-electron chi connectivity index (χ2n) is 5.68. The number of alkyl halides is 1. The van der Waals surface area contributed by atoms with Crippen molar-refractivity contribution in [1.82, 2.24) is 20.5 Å². The highest BCUT2D eigenvalue weighted by molar-refractivity contribution is 5.87. The first-order valence-electron chi connectivity index (χ1n) is 7.86. The van der Waals surface area contributed by atoms with Gasteiger partial charge in [0.1, 0.15) is 12.7 Å². The van der Waals surface area contributed by atoms with Crippen LogP contribution in [-0.2, 0) is 18.4 Å². The Hall–Kier alpha value is -2.57. The first-order valence-corrected chi connectivity index (χ1v) is 7.86. The van der Waals surface area contributed by atoms with Gasteiger partial charge in [0.15, 0.2) is 0 Å². The zero-order chi connectivity index (χ0) is 17.7. The summed E-state index contributed by atoms with van der Waals surface area (Å²) in [5.41, 5.74) is 3.22. The van der Waals surface area contributed by atoms with Gasteiger partial charge in [-0.3, -0.25) is 4.79 Å². The summed E-state index contributed by atoms with van der Waals surface area (Å²) in [6.45, 7) is 3.23. The van der Waals surface area contributed by atoms with Crippen molar-refractivity contribution in [2.45, 2.75) is 26.4 Å². The molecule has 1 aromatic heterocycles. The highest BCUT2D eigenvalue weighted by Crippen LogP contribution is 2.24. The second kappa shape index (κ2) is 7.81. The van der Waals surface area contributed by atoms with Gasteiger partial charge in [-0.1, -0.05) is 18.2 Å². The molecule has 0 bridgehead atoms. The molecule has 1 aromatic carbocycles. The standard InChI is InChI=1S/C17H23FN4O2/c1-11-13-6-4-5-7-14(13)22(3)15(11)10-20-17(24)21-12(2)16(23)19-9-8-18/h4-7,12H,8-10H2,1-3H3,(H,19,23)(H2,20,21,24). The molecule has 0 fully saturated rings. The second-order valence-corrected chi connectivity index (χ2v) is 5.68. The van der Waals surface area contributed by atoms with Crippen molar-refractivity contribution < 1.29 is 14.0 Å². The predicted octanol–water partition coefficient (Wildman–Crippen LogP) is 1.76. The number of fused-ring (bicyclic) bond motifs is 1. The highest BCUT2D eigenvalue weighted by atomic mass is 19.1. The van der Waals surface area contributed by atoms with Gasteiger partial charge < -0.3 is 20.5 Å². The molecule has 0 saturated heterocycles. The summed E-state index contributed by atoms with van der Waals surface area (Å²) in [6.07, 6.45) is 0.